The maximum atomic E-state index is 13.3. The van der Waals surface area contributed by atoms with Crippen LogP contribution in [0.15, 0.2) is 0 Å². The van der Waals surface area contributed by atoms with Crippen LogP contribution in [0.4, 0.5) is 0 Å². The van der Waals surface area contributed by atoms with E-state index in [4.69, 9.17) is 33.2 Å². The minimum absolute atomic E-state index is 0.0125. The fourth-order valence-electron chi connectivity index (χ4n) is 5.19. The molecular weight excluding hydrogens is 648 g/mol. The Kier molecular flexibility index (Phi) is 17.8. The molecule has 0 radical (unpaired) electrons. The Morgan fingerprint density at radius 1 is 0.735 bits per heavy atom. The summed E-state index contributed by atoms with van der Waals surface area (Å²) < 4.78 is 41.0. The highest BCUT2D eigenvalue weighted by molar-refractivity contribution is 5.74. The van der Waals surface area contributed by atoms with Crippen molar-refractivity contribution in [1.29, 1.82) is 0 Å². The molecule has 0 saturated carbocycles. The second-order valence-corrected chi connectivity index (χ2v) is 13.0. The summed E-state index contributed by atoms with van der Waals surface area (Å²) in [6.45, 7) is 9.93. The minimum Gasteiger partial charge on any atom is -0.463 e. The normalized spacial score (nSPS) is 31.7. The molecule has 2 rings (SSSR count). The molecule has 12 atom stereocenters. The molecular formula is C34H58O15. The summed E-state index contributed by atoms with van der Waals surface area (Å²) in [5, 5.41) is 41.5. The fourth-order valence-corrected chi connectivity index (χ4v) is 5.19. The van der Waals surface area contributed by atoms with Crippen molar-refractivity contribution in [3.05, 3.63) is 0 Å². The highest BCUT2D eigenvalue weighted by Crippen LogP contribution is 2.38. The second kappa shape index (κ2) is 20.4. The van der Waals surface area contributed by atoms with Gasteiger partial charge in [0.15, 0.2) is 18.3 Å². The van der Waals surface area contributed by atoms with Crippen molar-refractivity contribution >= 4 is 23.9 Å². The van der Waals surface area contributed by atoms with Gasteiger partial charge in [0.25, 0.3) is 0 Å². The molecule has 0 aromatic rings. The van der Waals surface area contributed by atoms with Crippen LogP contribution in [0, 0.1) is 17.8 Å². The zero-order chi connectivity index (χ0) is 36.9. The van der Waals surface area contributed by atoms with Crippen molar-refractivity contribution in [2.45, 2.75) is 155 Å². The molecule has 49 heavy (non-hydrogen) atoms. The summed E-state index contributed by atoms with van der Waals surface area (Å²) >= 11 is 0. The van der Waals surface area contributed by atoms with Crippen LogP contribution in [-0.2, 0) is 52.3 Å². The van der Waals surface area contributed by atoms with E-state index in [0.717, 1.165) is 19.3 Å². The maximum Gasteiger partial charge on any atom is 0.309 e. The first-order valence-corrected chi connectivity index (χ1v) is 17.6. The van der Waals surface area contributed by atoms with E-state index >= 15 is 0 Å². The van der Waals surface area contributed by atoms with Crippen molar-refractivity contribution in [2.24, 2.45) is 17.8 Å². The highest BCUT2D eigenvalue weighted by atomic mass is 16.8. The first kappa shape index (κ1) is 42.8. The van der Waals surface area contributed by atoms with Gasteiger partial charge in [0.05, 0.1) is 24.4 Å². The Labute approximate surface area is 288 Å². The lowest BCUT2D eigenvalue weighted by atomic mass is 9.96. The van der Waals surface area contributed by atoms with Gasteiger partial charge >= 0.3 is 23.9 Å². The van der Waals surface area contributed by atoms with Crippen molar-refractivity contribution in [1.82, 2.24) is 0 Å². The number of ether oxygens (including phenoxy) is 7. The highest BCUT2D eigenvalue weighted by Gasteiger charge is 2.61. The average Bonchev–Trinajstić information content (AvgIpc) is 3.34. The Balaban J connectivity index is 2.68. The summed E-state index contributed by atoms with van der Waals surface area (Å²) in [4.78, 5) is 52.6. The zero-order valence-corrected chi connectivity index (χ0v) is 29.9. The van der Waals surface area contributed by atoms with Gasteiger partial charge in [-0.15, -0.1) is 0 Å². The Morgan fingerprint density at radius 3 is 1.82 bits per heavy atom. The monoisotopic (exact) mass is 706 g/mol. The van der Waals surface area contributed by atoms with Gasteiger partial charge in [0.2, 0.25) is 12.1 Å². The number of aliphatic hydroxyl groups is 4. The molecule has 2 saturated heterocycles. The summed E-state index contributed by atoms with van der Waals surface area (Å²) in [5.74, 6) is -6.86. The van der Waals surface area contributed by atoms with Gasteiger partial charge in [-0.3, -0.25) is 19.2 Å². The third kappa shape index (κ3) is 11.3. The quantitative estimate of drug-likeness (QED) is 0.0809. The van der Waals surface area contributed by atoms with E-state index in [9.17, 15) is 39.6 Å². The van der Waals surface area contributed by atoms with Crippen LogP contribution in [0.25, 0.3) is 0 Å². The van der Waals surface area contributed by atoms with Crippen LogP contribution >= 0.6 is 0 Å². The van der Waals surface area contributed by atoms with E-state index in [0.29, 0.717) is 25.7 Å². The summed E-state index contributed by atoms with van der Waals surface area (Å²) in [7, 11) is 0. The molecule has 4 N–H and O–H groups in total. The molecule has 2 aliphatic heterocycles. The Bertz CT molecular complexity index is 1050. The first-order valence-electron chi connectivity index (χ1n) is 17.6. The minimum atomic E-state index is -2.41. The molecule has 0 aromatic carbocycles. The molecule has 0 spiro atoms. The molecule has 12 unspecified atom stereocenters. The lowest BCUT2D eigenvalue weighted by Gasteiger charge is -2.46. The summed E-state index contributed by atoms with van der Waals surface area (Å²) in [6.07, 6.45) is -8.64. The average molecular weight is 707 g/mol. The van der Waals surface area contributed by atoms with Gasteiger partial charge in [-0.05, 0) is 25.7 Å². The number of carbonyl (C=O) groups excluding carboxylic acids is 4. The van der Waals surface area contributed by atoms with Crippen molar-refractivity contribution in [2.75, 3.05) is 19.8 Å². The van der Waals surface area contributed by atoms with Crippen molar-refractivity contribution < 1.29 is 72.8 Å². The van der Waals surface area contributed by atoms with Crippen molar-refractivity contribution in [3.63, 3.8) is 0 Å². The van der Waals surface area contributed by atoms with Gasteiger partial charge in [0.1, 0.15) is 37.6 Å². The summed E-state index contributed by atoms with van der Waals surface area (Å²) in [6, 6.07) is 0. The van der Waals surface area contributed by atoms with E-state index in [1.54, 1.807) is 41.5 Å². The number of carbonyl (C=O) groups is 4. The van der Waals surface area contributed by atoms with Crippen LogP contribution in [-0.4, -0.2) is 119 Å². The molecule has 2 heterocycles. The molecule has 15 heteroatoms. The zero-order valence-electron chi connectivity index (χ0n) is 29.9. The molecule has 2 fully saturated rings. The molecule has 2 aliphatic rings. The maximum absolute atomic E-state index is 13.3. The topological polar surface area (TPSA) is 214 Å². The van der Waals surface area contributed by atoms with Gasteiger partial charge in [-0.1, -0.05) is 67.7 Å². The summed E-state index contributed by atoms with van der Waals surface area (Å²) in [5.41, 5.74) is 0. The number of unbranched alkanes of at least 4 members (excludes halogenated alkanes) is 3. The second-order valence-electron chi connectivity index (χ2n) is 13.0. The van der Waals surface area contributed by atoms with Crippen LogP contribution in [0.1, 0.15) is 99.8 Å². The Morgan fingerprint density at radius 2 is 1.31 bits per heavy atom. The molecule has 0 aliphatic carbocycles. The molecule has 0 amide bonds. The lowest BCUT2D eigenvalue weighted by molar-refractivity contribution is -0.384. The smallest absolute Gasteiger partial charge is 0.309 e. The van der Waals surface area contributed by atoms with Gasteiger partial charge < -0.3 is 53.6 Å². The number of hydrogen-bond acceptors (Lipinski definition) is 15. The third-order valence-corrected chi connectivity index (χ3v) is 9.25. The van der Waals surface area contributed by atoms with E-state index in [1.807, 2.05) is 6.92 Å². The predicted octanol–water partition coefficient (Wildman–Crippen LogP) is 1.92. The fraction of sp³-hybridized carbons (Fsp3) is 0.882. The largest absolute Gasteiger partial charge is 0.463 e. The molecule has 15 nitrogen and oxygen atoms in total. The number of esters is 4. The molecule has 0 aromatic heterocycles. The van der Waals surface area contributed by atoms with Gasteiger partial charge in [0, 0.05) is 6.42 Å². The van der Waals surface area contributed by atoms with Crippen LogP contribution in [0.3, 0.4) is 0 Å². The van der Waals surface area contributed by atoms with Crippen LogP contribution < -0.4 is 0 Å². The van der Waals surface area contributed by atoms with E-state index in [-0.39, 0.29) is 6.42 Å². The van der Waals surface area contributed by atoms with E-state index in [1.165, 1.54) is 0 Å². The Hall–Kier alpha value is -2.40. The van der Waals surface area contributed by atoms with Crippen LogP contribution in [0.5, 0.6) is 0 Å². The number of aliphatic hydroxyl groups excluding tert-OH is 4. The van der Waals surface area contributed by atoms with Gasteiger partial charge in [-0.25, -0.2) is 0 Å². The first-order chi connectivity index (χ1) is 23.2. The van der Waals surface area contributed by atoms with Gasteiger partial charge in [-0.2, -0.15) is 0 Å². The van der Waals surface area contributed by atoms with Crippen molar-refractivity contribution in [3.8, 4) is 0 Å². The number of rotatable bonds is 20. The van der Waals surface area contributed by atoms with E-state index in [2.05, 4.69) is 0 Å². The molecule has 284 valence electrons. The van der Waals surface area contributed by atoms with Crippen LogP contribution in [0.2, 0.25) is 0 Å². The number of hydrogen-bond donors (Lipinski definition) is 4. The predicted molar refractivity (Wildman–Crippen MR) is 171 cm³/mol. The lowest BCUT2D eigenvalue weighted by Crippen LogP contribution is -2.65. The standard InChI is InChI=1S/C34H58O15/c1-8-12-13-14-15-24(37)45-27-26(46-31(41)20(6)10-3)23(17-43-30(40)19(5)9-2)44-33(28(27)47-32(42)21(7)11-4)49-34(18-36)29(39)25(38)22(16-35)48-34/h19-23,25-29,33,35-36,38-39H,8-18H2,1-7H3. The SMILES string of the molecule is CCCCCCC(=O)OC1C(OC(=O)C(C)CC)C(COC(=O)C(C)CC)OC(OC2(CO)OC(CO)C(O)C2O)C1OC(=O)C(C)CC. The van der Waals surface area contributed by atoms with E-state index < -0.39 is 116 Å². The molecule has 0 bridgehead atoms. The third-order valence-electron chi connectivity index (χ3n) is 9.25.